The second kappa shape index (κ2) is 7.59. The minimum atomic E-state index is -1.51. The fourth-order valence-corrected chi connectivity index (χ4v) is 4.94. The molecule has 150 valence electrons. The van der Waals surface area contributed by atoms with Crippen LogP contribution in [-0.4, -0.2) is 26.3 Å². The van der Waals surface area contributed by atoms with Gasteiger partial charge in [-0.2, -0.15) is 5.10 Å². The van der Waals surface area contributed by atoms with E-state index in [1.165, 1.54) is 11.8 Å². The molecule has 1 fully saturated rings. The molecule has 1 aromatic heterocycles. The topological polar surface area (TPSA) is 38.1 Å². The van der Waals surface area contributed by atoms with Gasteiger partial charge in [-0.1, -0.05) is 18.2 Å². The van der Waals surface area contributed by atoms with Gasteiger partial charge >= 0.3 is 0 Å². The van der Waals surface area contributed by atoms with E-state index in [0.29, 0.717) is 0 Å². The molecule has 8 heteroatoms. The summed E-state index contributed by atoms with van der Waals surface area (Å²) in [6, 6.07) is 11.5. The van der Waals surface area contributed by atoms with Crippen LogP contribution in [0.15, 0.2) is 42.5 Å². The first-order valence-corrected chi connectivity index (χ1v) is 10.1. The predicted octanol–water partition coefficient (Wildman–Crippen LogP) is 4.68. The predicted molar refractivity (Wildman–Crippen MR) is 105 cm³/mol. The summed E-state index contributed by atoms with van der Waals surface area (Å²) in [5.41, 5.74) is 3.67. The van der Waals surface area contributed by atoms with Gasteiger partial charge in [0.2, 0.25) is 5.91 Å². The molecular weight excluding hydrogens is 399 g/mol. The number of halogens is 3. The van der Waals surface area contributed by atoms with Crippen LogP contribution in [0.1, 0.15) is 27.9 Å². The van der Waals surface area contributed by atoms with Gasteiger partial charge in [0.1, 0.15) is 5.37 Å². The summed E-state index contributed by atoms with van der Waals surface area (Å²) < 4.78 is 42.3. The van der Waals surface area contributed by atoms with Crippen LogP contribution in [0.25, 0.3) is 5.69 Å². The number of rotatable bonds is 4. The number of benzene rings is 2. The van der Waals surface area contributed by atoms with Crippen LogP contribution < -0.4 is 0 Å². The number of aromatic nitrogens is 2. The molecule has 1 aliphatic heterocycles. The first-order valence-electron chi connectivity index (χ1n) is 9.03. The van der Waals surface area contributed by atoms with E-state index < -0.39 is 17.5 Å². The van der Waals surface area contributed by atoms with Crippen molar-refractivity contribution in [1.29, 1.82) is 0 Å². The van der Waals surface area contributed by atoms with Crippen molar-refractivity contribution >= 4 is 17.7 Å². The second-order valence-corrected chi connectivity index (χ2v) is 7.96. The van der Waals surface area contributed by atoms with Gasteiger partial charge in [-0.05, 0) is 43.7 Å². The smallest absolute Gasteiger partial charge is 0.234 e. The van der Waals surface area contributed by atoms with Crippen LogP contribution in [0.5, 0.6) is 0 Å². The molecule has 0 aliphatic carbocycles. The molecule has 2 heterocycles. The van der Waals surface area contributed by atoms with Crippen LogP contribution >= 0.6 is 11.8 Å². The van der Waals surface area contributed by atoms with Crippen molar-refractivity contribution in [2.45, 2.75) is 25.8 Å². The highest BCUT2D eigenvalue weighted by Gasteiger charge is 2.36. The van der Waals surface area contributed by atoms with E-state index in [9.17, 15) is 18.0 Å². The van der Waals surface area contributed by atoms with Crippen molar-refractivity contribution in [2.24, 2.45) is 0 Å². The van der Waals surface area contributed by atoms with E-state index >= 15 is 0 Å². The fourth-order valence-electron chi connectivity index (χ4n) is 3.59. The van der Waals surface area contributed by atoms with E-state index in [-0.39, 0.29) is 29.1 Å². The summed E-state index contributed by atoms with van der Waals surface area (Å²) >= 11 is 1.44. The minimum Gasteiger partial charge on any atom is -0.321 e. The zero-order valence-electron chi connectivity index (χ0n) is 15.8. The van der Waals surface area contributed by atoms with Crippen molar-refractivity contribution in [1.82, 2.24) is 14.7 Å². The normalized spacial score (nSPS) is 16.7. The standard InChI is InChI=1S/C21H18F3N3OS/c1-12-19(13(2)27(25-12)15-6-4-3-5-7-15)21-26(18(28)11-29-21)10-14-8-16(22)20(24)17(23)9-14/h3-9,21H,10-11H2,1-2H3. The Morgan fingerprint density at radius 1 is 1.10 bits per heavy atom. The molecule has 1 aliphatic rings. The molecule has 0 N–H and O–H groups in total. The Bertz CT molecular complexity index is 1060. The molecule has 1 unspecified atom stereocenters. The monoisotopic (exact) mass is 417 g/mol. The highest BCUT2D eigenvalue weighted by atomic mass is 32.2. The molecule has 3 aromatic rings. The van der Waals surface area contributed by atoms with Crippen LogP contribution in [0.2, 0.25) is 0 Å². The van der Waals surface area contributed by atoms with E-state index in [1.54, 1.807) is 4.90 Å². The van der Waals surface area contributed by atoms with E-state index in [0.717, 1.165) is 34.8 Å². The Morgan fingerprint density at radius 2 is 1.76 bits per heavy atom. The maximum Gasteiger partial charge on any atom is 0.234 e. The number of hydrogen-bond donors (Lipinski definition) is 0. The maximum absolute atomic E-state index is 13.6. The highest BCUT2D eigenvalue weighted by Crippen LogP contribution is 2.42. The largest absolute Gasteiger partial charge is 0.321 e. The van der Waals surface area contributed by atoms with Crippen molar-refractivity contribution in [3.63, 3.8) is 0 Å². The van der Waals surface area contributed by atoms with Gasteiger partial charge in [-0.3, -0.25) is 4.79 Å². The molecule has 0 radical (unpaired) electrons. The molecule has 1 saturated heterocycles. The lowest BCUT2D eigenvalue weighted by atomic mass is 10.1. The van der Waals surface area contributed by atoms with Gasteiger partial charge in [0, 0.05) is 17.8 Å². The van der Waals surface area contributed by atoms with Crippen molar-refractivity contribution in [3.8, 4) is 5.69 Å². The highest BCUT2D eigenvalue weighted by molar-refractivity contribution is 8.00. The Labute approximate surface area is 170 Å². The second-order valence-electron chi connectivity index (χ2n) is 6.89. The maximum atomic E-state index is 13.6. The van der Waals surface area contributed by atoms with Crippen LogP contribution in [0.4, 0.5) is 13.2 Å². The number of nitrogens with zero attached hydrogens (tertiary/aromatic N) is 3. The molecule has 0 saturated carbocycles. The minimum absolute atomic E-state index is 0.0139. The number of carbonyl (C=O) groups excluding carboxylic acids is 1. The summed E-state index contributed by atoms with van der Waals surface area (Å²) in [6.07, 6.45) is 0. The summed E-state index contributed by atoms with van der Waals surface area (Å²) in [5, 5.41) is 4.29. The van der Waals surface area contributed by atoms with E-state index in [4.69, 9.17) is 0 Å². The molecule has 1 amide bonds. The SMILES string of the molecule is Cc1nn(-c2ccccc2)c(C)c1C1SCC(=O)N1Cc1cc(F)c(F)c(F)c1. The molecule has 4 rings (SSSR count). The number of para-hydroxylation sites is 1. The number of aryl methyl sites for hydroxylation is 1. The third-order valence-corrected chi connectivity index (χ3v) is 6.18. The number of amides is 1. The number of hydrogen-bond acceptors (Lipinski definition) is 3. The zero-order chi connectivity index (χ0) is 20.7. The van der Waals surface area contributed by atoms with Gasteiger partial charge in [0.05, 0.1) is 17.1 Å². The van der Waals surface area contributed by atoms with Crippen molar-refractivity contribution in [2.75, 3.05) is 5.75 Å². The molecule has 0 spiro atoms. The van der Waals surface area contributed by atoms with Gasteiger partial charge in [-0.15, -0.1) is 11.8 Å². The van der Waals surface area contributed by atoms with Crippen LogP contribution in [0, 0.1) is 31.3 Å². The summed E-state index contributed by atoms with van der Waals surface area (Å²) in [7, 11) is 0. The van der Waals surface area contributed by atoms with Gasteiger partial charge < -0.3 is 4.90 Å². The van der Waals surface area contributed by atoms with Crippen LogP contribution in [-0.2, 0) is 11.3 Å². The van der Waals surface area contributed by atoms with Gasteiger partial charge in [0.15, 0.2) is 17.5 Å². The molecule has 1 atom stereocenters. The first-order chi connectivity index (χ1) is 13.9. The van der Waals surface area contributed by atoms with E-state index in [1.807, 2.05) is 48.9 Å². The lowest BCUT2D eigenvalue weighted by Gasteiger charge is -2.25. The third-order valence-electron chi connectivity index (χ3n) is 4.96. The number of carbonyl (C=O) groups is 1. The Balaban J connectivity index is 1.70. The van der Waals surface area contributed by atoms with Gasteiger partial charge in [-0.25, -0.2) is 17.9 Å². The van der Waals surface area contributed by atoms with Crippen molar-refractivity contribution in [3.05, 3.63) is 82.4 Å². The first kappa shape index (κ1) is 19.6. The Morgan fingerprint density at radius 3 is 2.41 bits per heavy atom. The molecule has 0 bridgehead atoms. The lowest BCUT2D eigenvalue weighted by Crippen LogP contribution is -2.28. The summed E-state index contributed by atoms with van der Waals surface area (Å²) in [5.74, 6) is -3.92. The van der Waals surface area contributed by atoms with E-state index in [2.05, 4.69) is 5.10 Å². The summed E-state index contributed by atoms with van der Waals surface area (Å²) in [4.78, 5) is 14.1. The number of thioether (sulfide) groups is 1. The quantitative estimate of drug-likeness (QED) is 0.579. The zero-order valence-corrected chi connectivity index (χ0v) is 16.6. The van der Waals surface area contributed by atoms with Gasteiger partial charge in [0.25, 0.3) is 0 Å². The average Bonchev–Trinajstić information content (AvgIpc) is 3.19. The average molecular weight is 417 g/mol. The molecule has 29 heavy (non-hydrogen) atoms. The Kier molecular flexibility index (Phi) is 5.12. The van der Waals surface area contributed by atoms with Crippen molar-refractivity contribution < 1.29 is 18.0 Å². The third kappa shape index (κ3) is 3.53. The molecular formula is C21H18F3N3OS. The summed E-state index contributed by atoms with van der Waals surface area (Å²) in [6.45, 7) is 3.79. The fraction of sp³-hybridized carbons (Fsp3) is 0.238. The molecule has 4 nitrogen and oxygen atoms in total. The lowest BCUT2D eigenvalue weighted by molar-refractivity contribution is -0.128. The van der Waals surface area contributed by atoms with Crippen LogP contribution in [0.3, 0.4) is 0 Å². The molecule has 2 aromatic carbocycles. The Hall–Kier alpha value is -2.74.